The van der Waals surface area contributed by atoms with Gasteiger partial charge in [0.25, 0.3) is 5.91 Å². The predicted molar refractivity (Wildman–Crippen MR) is 90.3 cm³/mol. The summed E-state index contributed by atoms with van der Waals surface area (Å²) in [5.41, 5.74) is 2.21. The molecule has 0 bridgehead atoms. The monoisotopic (exact) mass is 317 g/mol. The summed E-state index contributed by atoms with van der Waals surface area (Å²) in [6.07, 6.45) is 3.93. The lowest BCUT2D eigenvalue weighted by Crippen LogP contribution is -2.23. The maximum Gasteiger partial charge on any atom is 0.270 e. The van der Waals surface area contributed by atoms with Crippen LogP contribution in [-0.2, 0) is 6.54 Å². The van der Waals surface area contributed by atoms with Crippen molar-refractivity contribution in [2.24, 2.45) is 0 Å². The van der Waals surface area contributed by atoms with Gasteiger partial charge < -0.3 is 10.6 Å². The lowest BCUT2D eigenvalue weighted by atomic mass is 10.2. The number of hydrogen-bond acceptors (Lipinski definition) is 3. The average Bonchev–Trinajstić information content (AvgIpc) is 2.55. The zero-order valence-corrected chi connectivity index (χ0v) is 13.4. The normalized spacial score (nSPS) is 10.3. The number of carbonyl (C=O) groups excluding carboxylic acids is 1. The topological polar surface area (TPSA) is 54.0 Å². The van der Waals surface area contributed by atoms with Gasteiger partial charge in [-0.15, -0.1) is 0 Å². The Morgan fingerprint density at radius 2 is 2.05 bits per heavy atom. The number of aromatic nitrogens is 1. The van der Waals surface area contributed by atoms with Crippen LogP contribution in [0.4, 0.5) is 5.69 Å². The van der Waals surface area contributed by atoms with Crippen LogP contribution in [0.3, 0.4) is 0 Å². The molecule has 0 saturated carbocycles. The van der Waals surface area contributed by atoms with E-state index in [2.05, 4.69) is 22.5 Å². The van der Waals surface area contributed by atoms with Crippen LogP contribution in [0, 0.1) is 0 Å². The van der Waals surface area contributed by atoms with Crippen molar-refractivity contribution < 1.29 is 4.79 Å². The number of halogens is 1. The SMILES string of the molecule is CCCCNc1ccc(C(=O)NCc2ccccc2Cl)nc1. The number of pyridine rings is 1. The molecule has 0 radical (unpaired) electrons. The van der Waals surface area contributed by atoms with Crippen LogP contribution < -0.4 is 10.6 Å². The van der Waals surface area contributed by atoms with Crippen molar-refractivity contribution >= 4 is 23.2 Å². The molecule has 116 valence electrons. The molecule has 0 aliphatic heterocycles. The summed E-state index contributed by atoms with van der Waals surface area (Å²) >= 11 is 6.06. The smallest absolute Gasteiger partial charge is 0.270 e. The van der Waals surface area contributed by atoms with Gasteiger partial charge in [-0.3, -0.25) is 4.79 Å². The van der Waals surface area contributed by atoms with Crippen molar-refractivity contribution in [3.63, 3.8) is 0 Å². The zero-order chi connectivity index (χ0) is 15.8. The molecule has 1 heterocycles. The number of nitrogens with zero attached hydrogens (tertiary/aromatic N) is 1. The molecule has 0 saturated heterocycles. The van der Waals surface area contributed by atoms with Gasteiger partial charge in [0.05, 0.1) is 11.9 Å². The Labute approximate surface area is 135 Å². The molecule has 22 heavy (non-hydrogen) atoms. The molecule has 2 aromatic rings. The van der Waals surface area contributed by atoms with Crippen LogP contribution in [-0.4, -0.2) is 17.4 Å². The fourth-order valence-electron chi connectivity index (χ4n) is 1.95. The Bertz CT molecular complexity index is 614. The minimum Gasteiger partial charge on any atom is -0.384 e. The van der Waals surface area contributed by atoms with Gasteiger partial charge in [0.2, 0.25) is 0 Å². The summed E-state index contributed by atoms with van der Waals surface area (Å²) in [6.45, 7) is 3.44. The van der Waals surface area contributed by atoms with E-state index in [1.54, 1.807) is 18.3 Å². The summed E-state index contributed by atoms with van der Waals surface area (Å²) in [5.74, 6) is -0.208. The van der Waals surface area contributed by atoms with Crippen molar-refractivity contribution in [1.29, 1.82) is 0 Å². The van der Waals surface area contributed by atoms with E-state index >= 15 is 0 Å². The van der Waals surface area contributed by atoms with Gasteiger partial charge in [0.15, 0.2) is 0 Å². The third kappa shape index (κ3) is 4.74. The highest BCUT2D eigenvalue weighted by Crippen LogP contribution is 2.14. The number of amides is 1. The first kappa shape index (κ1) is 16.3. The summed E-state index contributed by atoms with van der Waals surface area (Å²) < 4.78 is 0. The van der Waals surface area contributed by atoms with Crippen LogP contribution in [0.5, 0.6) is 0 Å². The maximum absolute atomic E-state index is 12.1. The third-order valence-corrected chi connectivity index (χ3v) is 3.62. The van der Waals surface area contributed by atoms with Crippen LogP contribution >= 0.6 is 11.6 Å². The van der Waals surface area contributed by atoms with Crippen molar-refractivity contribution in [3.8, 4) is 0 Å². The third-order valence-electron chi connectivity index (χ3n) is 3.25. The molecule has 0 spiro atoms. The summed E-state index contributed by atoms with van der Waals surface area (Å²) in [6, 6.07) is 11.0. The number of benzene rings is 1. The van der Waals surface area contributed by atoms with E-state index in [4.69, 9.17) is 11.6 Å². The van der Waals surface area contributed by atoms with Gasteiger partial charge in [0.1, 0.15) is 5.69 Å². The Morgan fingerprint density at radius 1 is 1.23 bits per heavy atom. The Kier molecular flexibility index (Phi) is 6.22. The molecule has 2 rings (SSSR count). The molecule has 0 unspecified atom stereocenters. The van der Waals surface area contributed by atoms with E-state index in [0.717, 1.165) is 30.6 Å². The number of nitrogens with one attached hydrogen (secondary N) is 2. The molecule has 2 N–H and O–H groups in total. The molecule has 0 aliphatic carbocycles. The molecular formula is C17H20ClN3O. The van der Waals surface area contributed by atoms with Gasteiger partial charge in [0, 0.05) is 18.1 Å². The second-order valence-electron chi connectivity index (χ2n) is 4.99. The van der Waals surface area contributed by atoms with E-state index in [0.29, 0.717) is 17.3 Å². The lowest BCUT2D eigenvalue weighted by molar-refractivity contribution is 0.0946. The average molecular weight is 318 g/mol. The lowest BCUT2D eigenvalue weighted by Gasteiger charge is -2.08. The minimum atomic E-state index is -0.208. The van der Waals surface area contributed by atoms with Crippen LogP contribution in [0.1, 0.15) is 35.8 Å². The highest BCUT2D eigenvalue weighted by Gasteiger charge is 2.07. The predicted octanol–water partition coefficient (Wildman–Crippen LogP) is 3.88. The van der Waals surface area contributed by atoms with Gasteiger partial charge in [-0.05, 0) is 30.2 Å². The largest absolute Gasteiger partial charge is 0.384 e. The van der Waals surface area contributed by atoms with E-state index in [1.807, 2.05) is 24.3 Å². The van der Waals surface area contributed by atoms with Gasteiger partial charge in [-0.25, -0.2) is 4.98 Å². The highest BCUT2D eigenvalue weighted by molar-refractivity contribution is 6.31. The first-order valence-electron chi connectivity index (χ1n) is 7.42. The second-order valence-corrected chi connectivity index (χ2v) is 5.39. The van der Waals surface area contributed by atoms with Gasteiger partial charge in [-0.1, -0.05) is 43.1 Å². The van der Waals surface area contributed by atoms with Crippen LogP contribution in [0.2, 0.25) is 5.02 Å². The number of hydrogen-bond donors (Lipinski definition) is 2. The van der Waals surface area contributed by atoms with Crippen LogP contribution in [0.15, 0.2) is 42.6 Å². The van der Waals surface area contributed by atoms with E-state index in [-0.39, 0.29) is 5.91 Å². The van der Waals surface area contributed by atoms with Crippen LogP contribution in [0.25, 0.3) is 0 Å². The second kappa shape index (κ2) is 8.39. The molecule has 5 heteroatoms. The van der Waals surface area contributed by atoms with Gasteiger partial charge >= 0.3 is 0 Å². The van der Waals surface area contributed by atoms with E-state index in [9.17, 15) is 4.79 Å². The molecule has 1 aromatic heterocycles. The van der Waals surface area contributed by atoms with Crippen molar-refractivity contribution in [3.05, 3.63) is 58.9 Å². The van der Waals surface area contributed by atoms with Crippen molar-refractivity contribution in [1.82, 2.24) is 10.3 Å². The minimum absolute atomic E-state index is 0.208. The molecule has 0 fully saturated rings. The number of unbranched alkanes of at least 4 members (excludes halogenated alkanes) is 1. The summed E-state index contributed by atoms with van der Waals surface area (Å²) in [5, 5.41) is 6.73. The number of anilines is 1. The first-order valence-corrected chi connectivity index (χ1v) is 7.80. The number of carbonyl (C=O) groups is 1. The first-order chi connectivity index (χ1) is 10.7. The Morgan fingerprint density at radius 3 is 2.73 bits per heavy atom. The molecule has 1 amide bonds. The molecule has 0 aliphatic rings. The molecule has 0 atom stereocenters. The molecule has 1 aromatic carbocycles. The standard InChI is InChI=1S/C17H20ClN3O/c1-2-3-10-19-14-8-9-16(20-12-14)17(22)21-11-13-6-4-5-7-15(13)18/h4-9,12,19H,2-3,10-11H2,1H3,(H,21,22). The van der Waals surface area contributed by atoms with E-state index < -0.39 is 0 Å². The van der Waals surface area contributed by atoms with Gasteiger partial charge in [-0.2, -0.15) is 0 Å². The molecular weight excluding hydrogens is 298 g/mol. The van der Waals surface area contributed by atoms with E-state index in [1.165, 1.54) is 0 Å². The summed E-state index contributed by atoms with van der Waals surface area (Å²) in [4.78, 5) is 16.2. The quantitative estimate of drug-likeness (QED) is 0.762. The Hall–Kier alpha value is -2.07. The maximum atomic E-state index is 12.1. The van der Waals surface area contributed by atoms with Crippen molar-refractivity contribution in [2.45, 2.75) is 26.3 Å². The summed E-state index contributed by atoms with van der Waals surface area (Å²) in [7, 11) is 0. The fourth-order valence-corrected chi connectivity index (χ4v) is 2.15. The highest BCUT2D eigenvalue weighted by atomic mass is 35.5. The van der Waals surface area contributed by atoms with Crippen molar-refractivity contribution in [2.75, 3.05) is 11.9 Å². The molecule has 4 nitrogen and oxygen atoms in total. The number of rotatable bonds is 7. The zero-order valence-electron chi connectivity index (χ0n) is 12.6. The fraction of sp³-hybridized carbons (Fsp3) is 0.294. The Balaban J connectivity index is 1.88.